The second-order valence-corrected chi connectivity index (χ2v) is 9.11. The molecule has 1 aromatic rings. The van der Waals surface area contributed by atoms with E-state index in [2.05, 4.69) is 10.2 Å². The number of hydrogen-bond donors (Lipinski definition) is 4. The molecule has 1 unspecified atom stereocenters. The van der Waals surface area contributed by atoms with Crippen molar-refractivity contribution in [1.82, 2.24) is 20.0 Å². The van der Waals surface area contributed by atoms with E-state index in [1.54, 1.807) is 0 Å². The lowest BCUT2D eigenvalue weighted by molar-refractivity contribution is -0.143. The first-order valence-corrected chi connectivity index (χ1v) is 11.5. The molecule has 1 saturated heterocycles. The zero-order valence-corrected chi connectivity index (χ0v) is 19.0. The van der Waals surface area contributed by atoms with Gasteiger partial charge >= 0.3 is 5.97 Å². The van der Waals surface area contributed by atoms with Crippen LogP contribution in [0.25, 0.3) is 0 Å². The average Bonchev–Trinajstić information content (AvgIpc) is 3.44. The van der Waals surface area contributed by atoms with Crippen LogP contribution in [0.3, 0.4) is 0 Å². The maximum absolute atomic E-state index is 13.8. The number of carbonyl (C=O) groups is 4. The number of nitrogens with zero attached hydrogens (tertiary/aromatic N) is 4. The molecule has 3 amide bonds. The molecule has 2 fully saturated rings. The number of nitrogens with one attached hydrogen (secondary N) is 1. The lowest BCUT2D eigenvalue weighted by atomic mass is 9.88. The molecule has 6 N–H and O–H groups in total. The van der Waals surface area contributed by atoms with Crippen LogP contribution in [0.5, 0.6) is 0 Å². The highest BCUT2D eigenvalue weighted by Gasteiger charge is 2.43. The summed E-state index contributed by atoms with van der Waals surface area (Å²) < 4.78 is 0. The van der Waals surface area contributed by atoms with Crippen molar-refractivity contribution in [3.8, 4) is 0 Å². The molecular weight excluding hydrogens is 450 g/mol. The van der Waals surface area contributed by atoms with Gasteiger partial charge < -0.3 is 21.5 Å². The molecule has 1 aromatic heterocycles. The van der Waals surface area contributed by atoms with Gasteiger partial charge in [0.05, 0.1) is 12.1 Å². The SMILES string of the molecule is C[C@H](N)C(=O)N1CCC[C@H]1C(=O)N(C(=O)c1nnc(C(=N)N)s1)C1CCCCC1=CC(=O)O. The van der Waals surface area contributed by atoms with E-state index in [-0.39, 0.29) is 15.9 Å². The van der Waals surface area contributed by atoms with Crippen LogP contribution in [0, 0.1) is 5.41 Å². The Kier molecular flexibility index (Phi) is 7.53. The Morgan fingerprint density at radius 2 is 1.91 bits per heavy atom. The number of aliphatic carboxylic acids is 1. The van der Waals surface area contributed by atoms with Crippen LogP contribution in [-0.2, 0) is 14.4 Å². The maximum atomic E-state index is 13.8. The fourth-order valence-electron chi connectivity index (χ4n) is 4.27. The molecule has 0 bridgehead atoms. The maximum Gasteiger partial charge on any atom is 0.328 e. The first kappa shape index (κ1) is 24.5. The average molecular weight is 478 g/mol. The molecular formula is C20H27N7O5S. The number of carbonyl (C=O) groups excluding carboxylic acids is 3. The van der Waals surface area contributed by atoms with Gasteiger partial charge in [0, 0.05) is 12.6 Å². The third-order valence-corrected chi connectivity index (χ3v) is 6.69. The first-order chi connectivity index (χ1) is 15.6. The quantitative estimate of drug-likeness (QED) is 0.190. The van der Waals surface area contributed by atoms with E-state index in [9.17, 15) is 24.3 Å². The Hall–Kier alpha value is -3.19. The van der Waals surface area contributed by atoms with Crippen LogP contribution in [-0.4, -0.2) is 79.3 Å². The summed E-state index contributed by atoms with van der Waals surface area (Å²) in [5, 5.41) is 24.2. The highest BCUT2D eigenvalue weighted by molar-refractivity contribution is 7.15. The summed E-state index contributed by atoms with van der Waals surface area (Å²) in [5.41, 5.74) is 11.6. The molecule has 12 nitrogen and oxygen atoms in total. The molecule has 178 valence electrons. The van der Waals surface area contributed by atoms with E-state index >= 15 is 0 Å². The van der Waals surface area contributed by atoms with Crippen molar-refractivity contribution in [2.75, 3.05) is 6.54 Å². The second kappa shape index (κ2) is 10.2. The lowest BCUT2D eigenvalue weighted by Crippen LogP contribution is -2.56. The summed E-state index contributed by atoms with van der Waals surface area (Å²) in [5.74, 6) is -3.28. The molecule has 13 heteroatoms. The van der Waals surface area contributed by atoms with Crippen molar-refractivity contribution in [2.45, 2.75) is 63.6 Å². The highest BCUT2D eigenvalue weighted by atomic mass is 32.1. The molecule has 3 rings (SSSR count). The standard InChI is InChI=1S/C20H27N7O5S/c1-10(21)18(30)26-8-4-7-13(26)19(31)27(12-6-3-2-5-11(12)9-14(28)29)20(32)17-25-24-16(33-17)15(22)23/h9-10,12-13H,2-8,21H2,1H3,(H3,22,23)(H,28,29)/t10-,12?,13-/m0/s1. The number of rotatable bonds is 6. The summed E-state index contributed by atoms with van der Waals surface area (Å²) in [4.78, 5) is 53.7. The van der Waals surface area contributed by atoms with Crippen molar-refractivity contribution in [3.63, 3.8) is 0 Å². The summed E-state index contributed by atoms with van der Waals surface area (Å²) in [6.07, 6.45) is 4.22. The fraction of sp³-hybridized carbons (Fsp3) is 0.550. The zero-order valence-electron chi connectivity index (χ0n) is 18.2. The Bertz CT molecular complexity index is 1000. The summed E-state index contributed by atoms with van der Waals surface area (Å²) in [6.45, 7) is 1.87. The van der Waals surface area contributed by atoms with Gasteiger partial charge in [0.25, 0.3) is 11.8 Å². The van der Waals surface area contributed by atoms with E-state index in [1.165, 1.54) is 11.8 Å². The number of nitrogen functional groups attached to an aromatic ring is 1. The van der Waals surface area contributed by atoms with Crippen LogP contribution >= 0.6 is 11.3 Å². The van der Waals surface area contributed by atoms with Crippen molar-refractivity contribution in [2.24, 2.45) is 11.5 Å². The van der Waals surface area contributed by atoms with Gasteiger partial charge in [0.2, 0.25) is 10.9 Å². The third-order valence-electron chi connectivity index (χ3n) is 5.75. The van der Waals surface area contributed by atoms with Crippen LogP contribution < -0.4 is 11.5 Å². The van der Waals surface area contributed by atoms with Gasteiger partial charge in [-0.1, -0.05) is 17.8 Å². The van der Waals surface area contributed by atoms with Crippen LogP contribution in [0.15, 0.2) is 11.6 Å². The molecule has 1 saturated carbocycles. The molecule has 0 radical (unpaired) electrons. The van der Waals surface area contributed by atoms with Gasteiger partial charge in [0.15, 0.2) is 10.8 Å². The highest BCUT2D eigenvalue weighted by Crippen LogP contribution is 2.32. The van der Waals surface area contributed by atoms with Gasteiger partial charge in [-0.2, -0.15) is 0 Å². The van der Waals surface area contributed by atoms with E-state index in [4.69, 9.17) is 16.9 Å². The predicted molar refractivity (Wildman–Crippen MR) is 118 cm³/mol. The van der Waals surface area contributed by atoms with Gasteiger partial charge in [-0.05, 0) is 44.6 Å². The number of carboxylic acid groups (broad SMARTS) is 1. The topological polar surface area (TPSA) is 197 Å². The van der Waals surface area contributed by atoms with E-state index in [1.807, 2.05) is 0 Å². The molecule has 2 heterocycles. The number of amidine groups is 1. The lowest BCUT2D eigenvalue weighted by Gasteiger charge is -2.37. The normalized spacial score (nSPS) is 22.7. The molecule has 3 atom stereocenters. The monoisotopic (exact) mass is 477 g/mol. The number of hydrogen-bond acceptors (Lipinski definition) is 9. The fourth-order valence-corrected chi connectivity index (χ4v) is 4.91. The first-order valence-electron chi connectivity index (χ1n) is 10.7. The third kappa shape index (κ3) is 5.25. The largest absolute Gasteiger partial charge is 0.478 e. The predicted octanol–water partition coefficient (Wildman–Crippen LogP) is 0.0828. The summed E-state index contributed by atoms with van der Waals surface area (Å²) >= 11 is 0.777. The minimum atomic E-state index is -1.17. The number of likely N-dealkylation sites (tertiary alicyclic amines) is 1. The number of aromatic nitrogens is 2. The molecule has 0 spiro atoms. The van der Waals surface area contributed by atoms with E-state index in [0.29, 0.717) is 44.2 Å². The molecule has 0 aromatic carbocycles. The minimum Gasteiger partial charge on any atom is -0.478 e. The van der Waals surface area contributed by atoms with Gasteiger partial charge in [-0.25, -0.2) is 4.79 Å². The van der Waals surface area contributed by atoms with Gasteiger partial charge in [0.1, 0.15) is 6.04 Å². The molecule has 33 heavy (non-hydrogen) atoms. The van der Waals surface area contributed by atoms with Crippen molar-refractivity contribution >= 4 is 40.9 Å². The second-order valence-electron chi connectivity index (χ2n) is 8.14. The van der Waals surface area contributed by atoms with E-state index in [0.717, 1.165) is 28.7 Å². The van der Waals surface area contributed by atoms with Crippen LogP contribution in [0.2, 0.25) is 0 Å². The number of nitrogens with two attached hydrogens (primary N) is 2. The van der Waals surface area contributed by atoms with Gasteiger partial charge in [-0.3, -0.25) is 24.7 Å². The number of imide groups is 1. The minimum absolute atomic E-state index is 0.0327. The van der Waals surface area contributed by atoms with Gasteiger partial charge in [-0.15, -0.1) is 10.2 Å². The molecule has 2 aliphatic rings. The zero-order chi connectivity index (χ0) is 24.3. The van der Waals surface area contributed by atoms with Crippen molar-refractivity contribution in [1.29, 1.82) is 5.41 Å². The van der Waals surface area contributed by atoms with Crippen molar-refractivity contribution in [3.05, 3.63) is 21.7 Å². The molecule has 1 aliphatic heterocycles. The Morgan fingerprint density at radius 1 is 1.21 bits per heavy atom. The molecule has 1 aliphatic carbocycles. The smallest absolute Gasteiger partial charge is 0.328 e. The van der Waals surface area contributed by atoms with E-state index < -0.39 is 41.8 Å². The Labute approximate surface area is 194 Å². The Morgan fingerprint density at radius 3 is 2.52 bits per heavy atom. The summed E-state index contributed by atoms with van der Waals surface area (Å²) in [6, 6.07) is -2.48. The Balaban J connectivity index is 2.03. The van der Waals surface area contributed by atoms with Crippen LogP contribution in [0.4, 0.5) is 0 Å². The summed E-state index contributed by atoms with van der Waals surface area (Å²) in [7, 11) is 0. The number of amides is 3. The van der Waals surface area contributed by atoms with Crippen LogP contribution in [0.1, 0.15) is 60.3 Å². The van der Waals surface area contributed by atoms with Crippen molar-refractivity contribution < 1.29 is 24.3 Å². The number of carboxylic acids is 1.